The van der Waals surface area contributed by atoms with Gasteiger partial charge < -0.3 is 16.0 Å². The summed E-state index contributed by atoms with van der Waals surface area (Å²) in [4.78, 5) is 23.6. The van der Waals surface area contributed by atoms with Gasteiger partial charge in [-0.1, -0.05) is 19.3 Å². The van der Waals surface area contributed by atoms with E-state index >= 15 is 0 Å². The average molecular weight is 289 g/mol. The lowest BCUT2D eigenvalue weighted by Crippen LogP contribution is -2.39. The van der Waals surface area contributed by atoms with Crippen LogP contribution in [0.15, 0.2) is 18.2 Å². The van der Waals surface area contributed by atoms with Gasteiger partial charge >= 0.3 is 6.03 Å². The summed E-state index contributed by atoms with van der Waals surface area (Å²) in [6.45, 7) is 1.88. The molecule has 1 aromatic rings. The van der Waals surface area contributed by atoms with E-state index in [1.54, 1.807) is 25.2 Å². The SMILES string of the molecule is CNC(=O)c1ccc(NC(=O)NC2CCCCC2)c(C)c1. The molecule has 0 bridgehead atoms. The molecule has 114 valence electrons. The van der Waals surface area contributed by atoms with Gasteiger partial charge in [0.25, 0.3) is 5.91 Å². The van der Waals surface area contributed by atoms with Gasteiger partial charge in [0.2, 0.25) is 0 Å². The van der Waals surface area contributed by atoms with Crippen LogP contribution in [0.5, 0.6) is 0 Å². The molecular formula is C16H23N3O2. The zero-order chi connectivity index (χ0) is 15.2. The van der Waals surface area contributed by atoms with Crippen molar-refractivity contribution in [2.24, 2.45) is 0 Å². The van der Waals surface area contributed by atoms with Gasteiger partial charge in [0.05, 0.1) is 0 Å². The molecule has 2 rings (SSSR count). The fraction of sp³-hybridized carbons (Fsp3) is 0.500. The molecule has 5 heteroatoms. The normalized spacial score (nSPS) is 15.3. The first kappa shape index (κ1) is 15.4. The van der Waals surface area contributed by atoms with Gasteiger partial charge in [-0.05, 0) is 43.5 Å². The summed E-state index contributed by atoms with van der Waals surface area (Å²) in [5.41, 5.74) is 2.19. The second-order valence-electron chi connectivity index (χ2n) is 5.54. The number of urea groups is 1. The Morgan fingerprint density at radius 2 is 1.86 bits per heavy atom. The highest BCUT2D eigenvalue weighted by Crippen LogP contribution is 2.19. The van der Waals surface area contributed by atoms with Gasteiger partial charge in [0, 0.05) is 24.3 Å². The maximum absolute atomic E-state index is 12.0. The third kappa shape index (κ3) is 4.21. The quantitative estimate of drug-likeness (QED) is 0.800. The van der Waals surface area contributed by atoms with Gasteiger partial charge in [-0.2, -0.15) is 0 Å². The van der Waals surface area contributed by atoms with Crippen LogP contribution in [0, 0.1) is 6.92 Å². The minimum Gasteiger partial charge on any atom is -0.355 e. The molecule has 0 spiro atoms. The first-order valence-corrected chi connectivity index (χ1v) is 7.50. The van der Waals surface area contributed by atoms with E-state index in [9.17, 15) is 9.59 Å². The molecule has 0 saturated heterocycles. The Kier molecular flexibility index (Phi) is 5.20. The minimum atomic E-state index is -0.169. The number of amides is 3. The number of hydrogen-bond donors (Lipinski definition) is 3. The smallest absolute Gasteiger partial charge is 0.319 e. The zero-order valence-electron chi connectivity index (χ0n) is 12.7. The number of carbonyl (C=O) groups excluding carboxylic acids is 2. The second-order valence-corrected chi connectivity index (χ2v) is 5.54. The summed E-state index contributed by atoms with van der Waals surface area (Å²) in [6.07, 6.45) is 5.75. The molecule has 0 aromatic heterocycles. The molecule has 0 unspecified atom stereocenters. The Hall–Kier alpha value is -2.04. The highest BCUT2D eigenvalue weighted by Gasteiger charge is 2.16. The highest BCUT2D eigenvalue weighted by molar-refractivity contribution is 5.96. The monoisotopic (exact) mass is 289 g/mol. The van der Waals surface area contributed by atoms with Crippen LogP contribution in [-0.2, 0) is 0 Å². The summed E-state index contributed by atoms with van der Waals surface area (Å²) >= 11 is 0. The van der Waals surface area contributed by atoms with Crippen LogP contribution in [0.25, 0.3) is 0 Å². The lowest BCUT2D eigenvalue weighted by Gasteiger charge is -2.23. The topological polar surface area (TPSA) is 70.2 Å². The van der Waals surface area contributed by atoms with Crippen LogP contribution in [0.3, 0.4) is 0 Å². The van der Waals surface area contributed by atoms with E-state index in [1.165, 1.54) is 19.3 Å². The number of anilines is 1. The van der Waals surface area contributed by atoms with Crippen LogP contribution < -0.4 is 16.0 Å². The number of hydrogen-bond acceptors (Lipinski definition) is 2. The third-order valence-corrected chi connectivity index (χ3v) is 3.90. The summed E-state index contributed by atoms with van der Waals surface area (Å²) in [6, 6.07) is 5.36. The van der Waals surface area contributed by atoms with Gasteiger partial charge in [-0.25, -0.2) is 4.79 Å². The minimum absolute atomic E-state index is 0.128. The number of aryl methyl sites for hydroxylation is 1. The Labute approximate surface area is 125 Å². The van der Waals surface area contributed by atoms with E-state index in [2.05, 4.69) is 16.0 Å². The fourth-order valence-electron chi connectivity index (χ4n) is 2.68. The molecule has 5 nitrogen and oxygen atoms in total. The first-order valence-electron chi connectivity index (χ1n) is 7.50. The summed E-state index contributed by atoms with van der Waals surface area (Å²) < 4.78 is 0. The van der Waals surface area contributed by atoms with Gasteiger partial charge in [0.1, 0.15) is 0 Å². The maximum Gasteiger partial charge on any atom is 0.319 e. The molecule has 0 aliphatic heterocycles. The second kappa shape index (κ2) is 7.11. The van der Waals surface area contributed by atoms with Gasteiger partial charge in [0.15, 0.2) is 0 Å². The average Bonchev–Trinajstić information content (AvgIpc) is 2.49. The molecule has 3 N–H and O–H groups in total. The van der Waals surface area contributed by atoms with Crippen molar-refractivity contribution in [1.82, 2.24) is 10.6 Å². The van der Waals surface area contributed by atoms with Crippen LogP contribution >= 0.6 is 0 Å². The van der Waals surface area contributed by atoms with E-state index in [0.717, 1.165) is 24.1 Å². The molecule has 3 amide bonds. The van der Waals surface area contributed by atoms with Crippen molar-refractivity contribution in [1.29, 1.82) is 0 Å². The molecule has 0 heterocycles. The molecule has 0 radical (unpaired) electrons. The molecule has 1 saturated carbocycles. The summed E-state index contributed by atoms with van der Waals surface area (Å²) in [7, 11) is 1.60. The van der Waals surface area contributed by atoms with Crippen molar-refractivity contribution in [2.75, 3.05) is 12.4 Å². The Bertz CT molecular complexity index is 522. The van der Waals surface area contributed by atoms with Crippen LogP contribution in [0.2, 0.25) is 0 Å². The Morgan fingerprint density at radius 1 is 1.14 bits per heavy atom. The molecule has 1 aliphatic rings. The zero-order valence-corrected chi connectivity index (χ0v) is 12.7. The Morgan fingerprint density at radius 3 is 2.48 bits per heavy atom. The van der Waals surface area contributed by atoms with Crippen LogP contribution in [-0.4, -0.2) is 25.0 Å². The lowest BCUT2D eigenvalue weighted by atomic mass is 9.96. The van der Waals surface area contributed by atoms with Gasteiger partial charge in [-0.15, -0.1) is 0 Å². The van der Waals surface area contributed by atoms with Crippen molar-refractivity contribution < 1.29 is 9.59 Å². The predicted molar refractivity (Wildman–Crippen MR) is 83.6 cm³/mol. The van der Waals surface area contributed by atoms with E-state index in [1.807, 2.05) is 6.92 Å². The summed E-state index contributed by atoms with van der Waals surface area (Å²) in [5, 5.41) is 8.46. The number of carbonyl (C=O) groups is 2. The van der Waals surface area contributed by atoms with Crippen molar-refractivity contribution >= 4 is 17.6 Å². The highest BCUT2D eigenvalue weighted by atomic mass is 16.2. The van der Waals surface area contributed by atoms with Crippen molar-refractivity contribution in [2.45, 2.75) is 45.1 Å². The largest absolute Gasteiger partial charge is 0.355 e. The predicted octanol–water partition coefficient (Wildman–Crippen LogP) is 2.81. The molecule has 0 atom stereocenters. The molecule has 1 fully saturated rings. The van der Waals surface area contributed by atoms with Crippen LogP contribution in [0.4, 0.5) is 10.5 Å². The number of rotatable bonds is 3. The van der Waals surface area contributed by atoms with Crippen LogP contribution in [0.1, 0.15) is 48.0 Å². The molecule has 21 heavy (non-hydrogen) atoms. The van der Waals surface area contributed by atoms with E-state index in [0.29, 0.717) is 5.56 Å². The number of benzene rings is 1. The number of nitrogens with one attached hydrogen (secondary N) is 3. The van der Waals surface area contributed by atoms with E-state index < -0.39 is 0 Å². The standard InChI is InChI=1S/C16H23N3O2/c1-11-10-12(15(20)17-2)8-9-14(11)19-16(21)18-13-6-4-3-5-7-13/h8-10,13H,3-7H2,1-2H3,(H,17,20)(H2,18,19,21). The van der Waals surface area contributed by atoms with Gasteiger partial charge in [-0.3, -0.25) is 4.79 Å². The summed E-state index contributed by atoms with van der Waals surface area (Å²) in [5.74, 6) is -0.128. The fourth-order valence-corrected chi connectivity index (χ4v) is 2.68. The first-order chi connectivity index (χ1) is 10.1. The van der Waals surface area contributed by atoms with Crippen molar-refractivity contribution in [3.8, 4) is 0 Å². The molecular weight excluding hydrogens is 266 g/mol. The van der Waals surface area contributed by atoms with E-state index in [-0.39, 0.29) is 18.0 Å². The molecule has 1 aliphatic carbocycles. The van der Waals surface area contributed by atoms with Crippen molar-refractivity contribution in [3.63, 3.8) is 0 Å². The molecule has 1 aromatic carbocycles. The van der Waals surface area contributed by atoms with E-state index in [4.69, 9.17) is 0 Å². The Balaban J connectivity index is 1.95. The third-order valence-electron chi connectivity index (χ3n) is 3.90. The van der Waals surface area contributed by atoms with Crippen molar-refractivity contribution in [3.05, 3.63) is 29.3 Å². The lowest BCUT2D eigenvalue weighted by molar-refractivity contribution is 0.0963. The maximum atomic E-state index is 12.0.